The van der Waals surface area contributed by atoms with Crippen LogP contribution < -0.4 is 0 Å². The molecule has 5 heterocycles. The molecule has 0 N–H and O–H groups in total. The molecule has 4 aromatic carbocycles. The molecule has 0 fully saturated rings. The first-order valence-corrected chi connectivity index (χ1v) is 18.8. The van der Waals surface area contributed by atoms with Crippen LogP contribution in [0.15, 0.2) is 133 Å². The summed E-state index contributed by atoms with van der Waals surface area (Å²) in [5, 5.41) is 1.79. The van der Waals surface area contributed by atoms with E-state index < -0.39 is 17.0 Å². The Morgan fingerprint density at radius 3 is 2.11 bits per heavy atom. The topological polar surface area (TPSA) is 89.7 Å². The molecule has 0 radical (unpaired) electrons. The molecule has 0 saturated carbocycles. The van der Waals surface area contributed by atoms with Gasteiger partial charge in [-0.05, 0) is 90.0 Å². The zero-order chi connectivity index (χ0) is 38.0. The van der Waals surface area contributed by atoms with Crippen molar-refractivity contribution >= 4 is 27.5 Å². The van der Waals surface area contributed by atoms with Gasteiger partial charge in [0.1, 0.15) is 11.6 Å². The highest BCUT2D eigenvalue weighted by Crippen LogP contribution is 2.52. The molecule has 10 rings (SSSR count). The third-order valence-electron chi connectivity index (χ3n) is 11.6. The van der Waals surface area contributed by atoms with E-state index in [2.05, 4.69) is 29.9 Å². The number of hydrogen-bond acceptors (Lipinski definition) is 7. The molecule has 0 bridgehead atoms. The third-order valence-corrected chi connectivity index (χ3v) is 11.6. The van der Waals surface area contributed by atoms with Gasteiger partial charge in [0.05, 0.1) is 33.6 Å². The van der Waals surface area contributed by atoms with Crippen molar-refractivity contribution in [2.45, 2.75) is 38.5 Å². The number of nitrogens with zero attached hydrogens (tertiary/aromatic N) is 7. The van der Waals surface area contributed by atoms with Crippen LogP contribution in [0.1, 0.15) is 49.9 Å². The van der Waals surface area contributed by atoms with Gasteiger partial charge in [0.15, 0.2) is 17.5 Å². The zero-order valence-corrected chi connectivity index (χ0v) is 30.8. The van der Waals surface area contributed by atoms with Crippen LogP contribution in [0, 0.1) is 17.0 Å². The summed E-state index contributed by atoms with van der Waals surface area (Å²) in [5.41, 5.74) is 7.46. The van der Waals surface area contributed by atoms with Crippen molar-refractivity contribution in [1.82, 2.24) is 29.9 Å². The molecule has 0 spiro atoms. The number of aromatic nitrogens is 6. The molecule has 0 saturated heterocycles. The highest BCUT2D eigenvalue weighted by atomic mass is 19.1. The van der Waals surface area contributed by atoms with Crippen molar-refractivity contribution in [3.05, 3.63) is 156 Å². The number of fused-ring (bicyclic) bond motifs is 6. The smallest absolute Gasteiger partial charge is 0.167 e. The first-order chi connectivity index (χ1) is 27.3. The van der Waals surface area contributed by atoms with Gasteiger partial charge in [0.25, 0.3) is 0 Å². The van der Waals surface area contributed by atoms with Gasteiger partial charge in [-0.2, -0.15) is 0 Å². The second kappa shape index (κ2) is 13.0. The summed E-state index contributed by atoms with van der Waals surface area (Å²) >= 11 is 0. The largest absolute Gasteiger partial charge is 0.287 e. The SMILES string of the molecule is CC12CCCN=C1c1ncccc1C(C)(c1ccc(F)c(-c3nc(-c4ccccc4)nc(-c4cc(-c5cc6cccnc6c6ncccc56)ccc4F)n3)c1)C2. The summed E-state index contributed by atoms with van der Waals surface area (Å²) in [5.74, 6) is -0.486. The van der Waals surface area contributed by atoms with Crippen LogP contribution in [0.25, 0.3) is 67.1 Å². The Balaban J connectivity index is 1.15. The van der Waals surface area contributed by atoms with Crippen molar-refractivity contribution in [2.24, 2.45) is 10.4 Å². The predicted octanol–water partition coefficient (Wildman–Crippen LogP) is 10.6. The van der Waals surface area contributed by atoms with Gasteiger partial charge in [-0.15, -0.1) is 0 Å². The molecule has 2 unspecified atom stereocenters. The van der Waals surface area contributed by atoms with Gasteiger partial charge in [0, 0.05) is 52.3 Å². The second-order valence-electron chi connectivity index (χ2n) is 15.3. The van der Waals surface area contributed by atoms with Crippen molar-refractivity contribution < 1.29 is 8.78 Å². The van der Waals surface area contributed by atoms with Gasteiger partial charge in [-0.25, -0.2) is 23.7 Å². The summed E-state index contributed by atoms with van der Waals surface area (Å²) in [6.07, 6.45) is 8.10. The Labute approximate surface area is 322 Å². The fraction of sp³-hybridized carbons (Fsp3) is 0.170. The number of aliphatic imine (C=N–C) groups is 1. The number of rotatable bonds is 5. The van der Waals surface area contributed by atoms with Crippen molar-refractivity contribution in [1.29, 1.82) is 0 Å². The van der Waals surface area contributed by atoms with Crippen LogP contribution in [0.4, 0.5) is 8.78 Å². The van der Waals surface area contributed by atoms with Crippen molar-refractivity contribution in [3.8, 4) is 45.3 Å². The molecule has 2 aliphatic rings. The fourth-order valence-electron chi connectivity index (χ4n) is 8.93. The van der Waals surface area contributed by atoms with E-state index >= 15 is 8.78 Å². The molecular formula is C47H35F2N7. The molecule has 2 atom stereocenters. The Morgan fingerprint density at radius 1 is 0.589 bits per heavy atom. The standard InChI is InChI=1S/C47H35F2N7/c1-46-19-9-23-53-42(46)41-36(14-8-22-52-41)47(2,27-46)31-16-18-38(49)35(26-31)45-55-43(28-10-4-3-5-11-28)54-44(56-45)34-24-29(15-17-37(34)48)33-25-30-12-6-20-50-39(30)40-32(33)13-7-21-51-40/h3-8,10-18,20-22,24-26H,9,19,23,27H2,1-2H3. The average Bonchev–Trinajstić information content (AvgIpc) is 3.24. The molecule has 56 heavy (non-hydrogen) atoms. The molecular weight excluding hydrogens is 701 g/mol. The van der Waals surface area contributed by atoms with E-state index in [1.807, 2.05) is 85.1 Å². The maximum absolute atomic E-state index is 16.3. The first kappa shape index (κ1) is 33.9. The second-order valence-corrected chi connectivity index (χ2v) is 15.3. The lowest BCUT2D eigenvalue weighted by Gasteiger charge is -2.48. The quantitative estimate of drug-likeness (QED) is 0.164. The number of pyridine rings is 3. The van der Waals surface area contributed by atoms with Crippen LogP contribution in [0.3, 0.4) is 0 Å². The van der Waals surface area contributed by atoms with E-state index in [0.717, 1.165) is 81.3 Å². The van der Waals surface area contributed by atoms with Gasteiger partial charge in [-0.1, -0.05) is 74.5 Å². The van der Waals surface area contributed by atoms with Crippen LogP contribution in [0.5, 0.6) is 0 Å². The minimum Gasteiger partial charge on any atom is -0.287 e. The first-order valence-electron chi connectivity index (χ1n) is 18.8. The summed E-state index contributed by atoms with van der Waals surface area (Å²) in [6.45, 7) is 5.27. The molecule has 9 heteroatoms. The molecule has 0 amide bonds. The highest BCUT2D eigenvalue weighted by molar-refractivity contribution is 6.10. The van der Waals surface area contributed by atoms with E-state index in [-0.39, 0.29) is 28.2 Å². The van der Waals surface area contributed by atoms with E-state index in [1.54, 1.807) is 24.5 Å². The molecule has 272 valence electrons. The summed E-state index contributed by atoms with van der Waals surface area (Å²) in [7, 11) is 0. The fourth-order valence-corrected chi connectivity index (χ4v) is 8.93. The number of halogens is 2. The normalized spacial score (nSPS) is 19.0. The third kappa shape index (κ3) is 5.48. The van der Waals surface area contributed by atoms with Crippen LogP contribution >= 0.6 is 0 Å². The van der Waals surface area contributed by atoms with Crippen molar-refractivity contribution in [2.75, 3.05) is 6.54 Å². The minimum atomic E-state index is -0.513. The Kier molecular flexibility index (Phi) is 7.88. The number of hydrogen-bond donors (Lipinski definition) is 0. The van der Waals surface area contributed by atoms with Crippen LogP contribution in [0.2, 0.25) is 0 Å². The molecule has 1 aliphatic carbocycles. The zero-order valence-electron chi connectivity index (χ0n) is 30.8. The van der Waals surface area contributed by atoms with E-state index in [1.165, 1.54) is 12.1 Å². The van der Waals surface area contributed by atoms with Crippen LogP contribution in [-0.2, 0) is 5.41 Å². The molecule has 4 aromatic heterocycles. The highest BCUT2D eigenvalue weighted by Gasteiger charge is 2.49. The lowest BCUT2D eigenvalue weighted by Crippen LogP contribution is -2.46. The van der Waals surface area contributed by atoms with Gasteiger partial charge in [-0.3, -0.25) is 19.9 Å². The van der Waals surface area contributed by atoms with E-state index in [4.69, 9.17) is 24.9 Å². The Bertz CT molecular complexity index is 2890. The Hall–Kier alpha value is -6.61. The van der Waals surface area contributed by atoms with E-state index in [0.29, 0.717) is 11.4 Å². The lowest BCUT2D eigenvalue weighted by molar-refractivity contribution is 0.289. The monoisotopic (exact) mass is 735 g/mol. The van der Waals surface area contributed by atoms with E-state index in [9.17, 15) is 0 Å². The Morgan fingerprint density at radius 2 is 1.29 bits per heavy atom. The summed E-state index contributed by atoms with van der Waals surface area (Å²) in [6, 6.07) is 33.4. The van der Waals surface area contributed by atoms with Crippen molar-refractivity contribution in [3.63, 3.8) is 0 Å². The van der Waals surface area contributed by atoms with Gasteiger partial charge < -0.3 is 0 Å². The maximum atomic E-state index is 16.3. The van der Waals surface area contributed by atoms with Crippen LogP contribution in [-0.4, -0.2) is 42.2 Å². The minimum absolute atomic E-state index is 0.0943. The lowest BCUT2D eigenvalue weighted by atomic mass is 9.57. The average molecular weight is 736 g/mol. The summed E-state index contributed by atoms with van der Waals surface area (Å²) in [4.78, 5) is 33.6. The molecule has 7 nitrogen and oxygen atoms in total. The van der Waals surface area contributed by atoms with Gasteiger partial charge in [0.2, 0.25) is 0 Å². The van der Waals surface area contributed by atoms with Gasteiger partial charge >= 0.3 is 0 Å². The number of benzene rings is 4. The predicted molar refractivity (Wildman–Crippen MR) is 216 cm³/mol. The molecule has 1 aliphatic heterocycles. The maximum Gasteiger partial charge on any atom is 0.167 e. The summed E-state index contributed by atoms with van der Waals surface area (Å²) < 4.78 is 32.4. The molecule has 8 aromatic rings.